The van der Waals surface area contributed by atoms with Gasteiger partial charge in [0, 0.05) is 19.3 Å². The Bertz CT molecular complexity index is 537. The third-order valence-electron chi connectivity index (χ3n) is 3.70. The first-order valence-electron chi connectivity index (χ1n) is 7.22. The second-order valence-electron chi connectivity index (χ2n) is 5.76. The number of benzene rings is 1. The molecular weight excluding hydrogens is 272 g/mol. The number of para-hydroxylation sites is 1. The Morgan fingerprint density at radius 1 is 1.25 bits per heavy atom. The van der Waals surface area contributed by atoms with Gasteiger partial charge in [0.05, 0.1) is 10.6 Å². The van der Waals surface area contributed by atoms with E-state index >= 15 is 0 Å². The highest BCUT2D eigenvalue weighted by Crippen LogP contribution is 2.21. The molecule has 1 saturated heterocycles. The normalized spacial score (nSPS) is 18.1. The molecule has 0 aromatic heterocycles. The zero-order valence-corrected chi connectivity index (χ0v) is 13.1. The van der Waals surface area contributed by atoms with E-state index < -0.39 is 9.84 Å². The van der Waals surface area contributed by atoms with E-state index in [0.717, 1.165) is 13.1 Å². The fourth-order valence-electron chi connectivity index (χ4n) is 2.69. The molecule has 0 radical (unpaired) electrons. The number of nitrogens with zero attached hydrogens (tertiary/aromatic N) is 1. The molecule has 20 heavy (non-hydrogen) atoms. The van der Waals surface area contributed by atoms with Gasteiger partial charge in [-0.15, -0.1) is 0 Å². The van der Waals surface area contributed by atoms with E-state index in [1.54, 1.807) is 12.1 Å². The van der Waals surface area contributed by atoms with Crippen LogP contribution in [0.4, 0.5) is 5.69 Å². The minimum absolute atomic E-state index is 0.383. The second-order valence-corrected chi connectivity index (χ2v) is 7.75. The molecule has 1 unspecified atom stereocenters. The maximum absolute atomic E-state index is 11.7. The van der Waals surface area contributed by atoms with Gasteiger partial charge in [0.25, 0.3) is 0 Å². The van der Waals surface area contributed by atoms with E-state index in [-0.39, 0.29) is 0 Å². The van der Waals surface area contributed by atoms with Gasteiger partial charge in [-0.2, -0.15) is 0 Å². The number of likely N-dealkylation sites (tertiary alicyclic amines) is 1. The van der Waals surface area contributed by atoms with Crippen molar-refractivity contribution in [2.24, 2.45) is 5.92 Å². The van der Waals surface area contributed by atoms with E-state index in [4.69, 9.17) is 0 Å². The second kappa shape index (κ2) is 6.59. The summed E-state index contributed by atoms with van der Waals surface area (Å²) >= 11 is 0. The molecule has 4 nitrogen and oxygen atoms in total. The molecule has 112 valence electrons. The number of hydrogen-bond acceptors (Lipinski definition) is 4. The van der Waals surface area contributed by atoms with Crippen molar-refractivity contribution in [1.29, 1.82) is 0 Å². The van der Waals surface area contributed by atoms with Crippen LogP contribution in [-0.2, 0) is 9.84 Å². The summed E-state index contributed by atoms with van der Waals surface area (Å²) in [7, 11) is -3.18. The standard InChI is InChI=1S/C15H24N2O2S/c1-13(12-17-9-5-6-10-17)11-16-14-7-3-4-8-15(14)20(2,18)19/h3-4,7-8,13,16H,5-6,9-12H2,1-2H3. The maximum Gasteiger partial charge on any atom is 0.177 e. The van der Waals surface area contributed by atoms with Gasteiger partial charge in [0.2, 0.25) is 0 Å². The Labute approximate surface area is 122 Å². The number of anilines is 1. The Hall–Kier alpha value is -1.07. The summed E-state index contributed by atoms with van der Waals surface area (Å²) in [6.07, 6.45) is 3.86. The number of sulfone groups is 1. The average molecular weight is 296 g/mol. The molecular formula is C15H24N2O2S. The van der Waals surface area contributed by atoms with Crippen molar-refractivity contribution in [1.82, 2.24) is 4.90 Å². The predicted molar refractivity (Wildman–Crippen MR) is 82.9 cm³/mol. The molecule has 5 heteroatoms. The molecule has 0 bridgehead atoms. The zero-order chi connectivity index (χ0) is 14.6. The lowest BCUT2D eigenvalue weighted by Gasteiger charge is -2.21. The number of rotatable bonds is 6. The third-order valence-corrected chi connectivity index (χ3v) is 4.85. The molecule has 1 aliphatic heterocycles. The lowest BCUT2D eigenvalue weighted by Crippen LogP contribution is -2.29. The summed E-state index contributed by atoms with van der Waals surface area (Å²) in [4.78, 5) is 2.86. The monoisotopic (exact) mass is 296 g/mol. The van der Waals surface area contributed by atoms with Crippen LogP contribution in [0.3, 0.4) is 0 Å². The smallest absolute Gasteiger partial charge is 0.177 e. The van der Waals surface area contributed by atoms with Crippen molar-refractivity contribution in [2.75, 3.05) is 37.8 Å². The Balaban J connectivity index is 1.93. The van der Waals surface area contributed by atoms with Crippen LogP contribution in [0, 0.1) is 5.92 Å². The molecule has 0 spiro atoms. The lowest BCUT2D eigenvalue weighted by atomic mass is 10.1. The summed E-state index contributed by atoms with van der Waals surface area (Å²) in [6.45, 7) is 6.47. The summed E-state index contributed by atoms with van der Waals surface area (Å²) < 4.78 is 23.5. The highest BCUT2D eigenvalue weighted by molar-refractivity contribution is 7.90. The molecule has 1 heterocycles. The fraction of sp³-hybridized carbons (Fsp3) is 0.600. The average Bonchev–Trinajstić information content (AvgIpc) is 2.88. The molecule has 1 fully saturated rings. The van der Waals surface area contributed by atoms with E-state index in [0.29, 0.717) is 16.5 Å². The van der Waals surface area contributed by atoms with E-state index in [1.165, 1.54) is 32.2 Å². The first kappa shape index (κ1) is 15.3. The fourth-order valence-corrected chi connectivity index (χ4v) is 3.56. The number of nitrogens with one attached hydrogen (secondary N) is 1. The molecule has 1 aromatic rings. The third kappa shape index (κ3) is 4.21. The lowest BCUT2D eigenvalue weighted by molar-refractivity contribution is 0.294. The molecule has 1 N–H and O–H groups in total. The van der Waals surface area contributed by atoms with Crippen molar-refractivity contribution < 1.29 is 8.42 Å². The van der Waals surface area contributed by atoms with Crippen LogP contribution >= 0.6 is 0 Å². The number of hydrogen-bond donors (Lipinski definition) is 1. The van der Waals surface area contributed by atoms with Crippen LogP contribution in [0.25, 0.3) is 0 Å². The first-order chi connectivity index (χ1) is 9.47. The Morgan fingerprint density at radius 3 is 2.55 bits per heavy atom. The van der Waals surface area contributed by atoms with Crippen LogP contribution in [-0.4, -0.2) is 45.8 Å². The van der Waals surface area contributed by atoms with Crippen molar-refractivity contribution in [3.63, 3.8) is 0 Å². The van der Waals surface area contributed by atoms with Gasteiger partial charge in [0.15, 0.2) is 9.84 Å². The Morgan fingerprint density at radius 2 is 1.90 bits per heavy atom. The minimum Gasteiger partial charge on any atom is -0.384 e. The first-order valence-corrected chi connectivity index (χ1v) is 9.11. The van der Waals surface area contributed by atoms with E-state index in [9.17, 15) is 8.42 Å². The van der Waals surface area contributed by atoms with E-state index in [1.807, 2.05) is 12.1 Å². The van der Waals surface area contributed by atoms with Crippen molar-refractivity contribution >= 4 is 15.5 Å². The molecule has 1 aliphatic rings. The highest BCUT2D eigenvalue weighted by atomic mass is 32.2. The van der Waals surface area contributed by atoms with Gasteiger partial charge < -0.3 is 10.2 Å². The summed E-state index contributed by atoms with van der Waals surface area (Å²) in [6, 6.07) is 7.11. The van der Waals surface area contributed by atoms with Crippen LogP contribution in [0.2, 0.25) is 0 Å². The largest absolute Gasteiger partial charge is 0.384 e. The SMILES string of the molecule is CC(CNc1ccccc1S(C)(=O)=O)CN1CCCC1. The van der Waals surface area contributed by atoms with Crippen LogP contribution in [0.5, 0.6) is 0 Å². The maximum atomic E-state index is 11.7. The molecule has 1 aromatic carbocycles. The molecule has 0 amide bonds. The molecule has 2 rings (SSSR count). The van der Waals surface area contributed by atoms with Crippen LogP contribution in [0.1, 0.15) is 19.8 Å². The highest BCUT2D eigenvalue weighted by Gasteiger charge is 2.16. The van der Waals surface area contributed by atoms with Crippen molar-refractivity contribution in [3.8, 4) is 0 Å². The van der Waals surface area contributed by atoms with Crippen LogP contribution in [0.15, 0.2) is 29.2 Å². The quantitative estimate of drug-likeness (QED) is 0.874. The Kier molecular flexibility index (Phi) is 5.05. The van der Waals surface area contributed by atoms with Crippen LogP contribution < -0.4 is 5.32 Å². The van der Waals surface area contributed by atoms with Gasteiger partial charge >= 0.3 is 0 Å². The van der Waals surface area contributed by atoms with Crippen molar-refractivity contribution in [2.45, 2.75) is 24.7 Å². The topological polar surface area (TPSA) is 49.4 Å². The minimum atomic E-state index is -3.18. The predicted octanol–water partition coefficient (Wildman–Crippen LogP) is 2.23. The summed E-state index contributed by atoms with van der Waals surface area (Å²) in [5, 5.41) is 3.29. The van der Waals surface area contributed by atoms with Gasteiger partial charge in [-0.25, -0.2) is 8.42 Å². The van der Waals surface area contributed by atoms with Gasteiger partial charge in [-0.3, -0.25) is 0 Å². The van der Waals surface area contributed by atoms with Crippen molar-refractivity contribution in [3.05, 3.63) is 24.3 Å². The zero-order valence-electron chi connectivity index (χ0n) is 12.3. The van der Waals surface area contributed by atoms with Gasteiger partial charge in [-0.1, -0.05) is 19.1 Å². The van der Waals surface area contributed by atoms with Gasteiger partial charge in [0.1, 0.15) is 0 Å². The molecule has 1 atom stereocenters. The molecule has 0 saturated carbocycles. The molecule has 0 aliphatic carbocycles. The summed E-state index contributed by atoms with van der Waals surface area (Å²) in [5.41, 5.74) is 0.711. The van der Waals surface area contributed by atoms with E-state index in [2.05, 4.69) is 17.1 Å². The summed E-state index contributed by atoms with van der Waals surface area (Å²) in [5.74, 6) is 0.501. The van der Waals surface area contributed by atoms with Gasteiger partial charge in [-0.05, 0) is 44.0 Å².